The molecule has 0 spiro atoms. The van der Waals surface area contributed by atoms with Crippen LogP contribution < -0.4 is 5.73 Å². The van der Waals surface area contributed by atoms with Crippen LogP contribution in [-0.4, -0.2) is 6.54 Å². The van der Waals surface area contributed by atoms with Crippen LogP contribution in [-0.2, 0) is 0 Å². The van der Waals surface area contributed by atoms with Crippen molar-refractivity contribution in [3.05, 3.63) is 11.6 Å². The SMILES string of the molecule is C/C(=C\C(C)C)CN. The monoisotopic (exact) mass is 113 g/mol. The summed E-state index contributed by atoms with van der Waals surface area (Å²) in [6.45, 7) is 7.05. The number of rotatable bonds is 2. The molecule has 0 aromatic carbocycles. The molecule has 0 amide bonds. The molecule has 0 saturated carbocycles. The van der Waals surface area contributed by atoms with Crippen LogP contribution in [0.25, 0.3) is 0 Å². The van der Waals surface area contributed by atoms with Crippen molar-refractivity contribution in [1.82, 2.24) is 0 Å². The first-order chi connectivity index (χ1) is 3.66. The molecule has 0 aliphatic carbocycles. The first-order valence-electron chi connectivity index (χ1n) is 3.04. The lowest BCUT2D eigenvalue weighted by atomic mass is 10.1. The molecule has 0 radical (unpaired) electrons. The van der Waals surface area contributed by atoms with Gasteiger partial charge in [-0.2, -0.15) is 0 Å². The van der Waals surface area contributed by atoms with E-state index in [1.54, 1.807) is 0 Å². The van der Waals surface area contributed by atoms with Gasteiger partial charge in [-0.3, -0.25) is 0 Å². The van der Waals surface area contributed by atoms with E-state index in [4.69, 9.17) is 5.73 Å². The van der Waals surface area contributed by atoms with E-state index in [0.717, 1.165) is 0 Å². The molecule has 0 saturated heterocycles. The lowest BCUT2D eigenvalue weighted by molar-refractivity contribution is 0.817. The minimum atomic E-state index is 0.638. The predicted octanol–water partition coefficient (Wildman–Crippen LogP) is 1.55. The molecule has 0 atom stereocenters. The topological polar surface area (TPSA) is 26.0 Å². The Balaban J connectivity index is 3.56. The maximum atomic E-state index is 5.35. The molecule has 0 rings (SSSR count). The minimum Gasteiger partial charge on any atom is -0.327 e. The van der Waals surface area contributed by atoms with Gasteiger partial charge in [-0.15, -0.1) is 0 Å². The largest absolute Gasteiger partial charge is 0.327 e. The fourth-order valence-electron chi connectivity index (χ4n) is 0.637. The average Bonchev–Trinajstić information content (AvgIpc) is 1.65. The molecule has 0 aliphatic heterocycles. The highest BCUT2D eigenvalue weighted by molar-refractivity contribution is 5.00. The van der Waals surface area contributed by atoms with Crippen LogP contribution in [0.4, 0.5) is 0 Å². The van der Waals surface area contributed by atoms with Crippen molar-refractivity contribution in [3.63, 3.8) is 0 Å². The summed E-state index contributed by atoms with van der Waals surface area (Å²) in [6.07, 6.45) is 2.18. The van der Waals surface area contributed by atoms with Gasteiger partial charge in [0, 0.05) is 6.54 Å². The van der Waals surface area contributed by atoms with E-state index < -0.39 is 0 Å². The molecule has 0 fully saturated rings. The molecule has 1 nitrogen and oxygen atoms in total. The molecule has 0 heterocycles. The van der Waals surface area contributed by atoms with Gasteiger partial charge in [0.25, 0.3) is 0 Å². The molecule has 0 aliphatic rings. The van der Waals surface area contributed by atoms with Crippen molar-refractivity contribution in [2.24, 2.45) is 11.7 Å². The molecule has 0 unspecified atom stereocenters. The highest BCUT2D eigenvalue weighted by Crippen LogP contribution is 1.98. The van der Waals surface area contributed by atoms with Gasteiger partial charge in [-0.05, 0) is 12.8 Å². The number of allylic oxidation sites excluding steroid dienone is 1. The van der Waals surface area contributed by atoms with Crippen LogP contribution in [0.5, 0.6) is 0 Å². The fourth-order valence-corrected chi connectivity index (χ4v) is 0.637. The summed E-state index contributed by atoms with van der Waals surface area (Å²) in [5.74, 6) is 0.638. The standard InChI is InChI=1S/C7H15N/c1-6(2)4-7(3)5-8/h4,6H,5,8H2,1-3H3/b7-4+. The Morgan fingerprint density at radius 1 is 1.62 bits per heavy atom. The Kier molecular flexibility index (Phi) is 3.53. The Hall–Kier alpha value is -0.300. The summed E-state index contributed by atoms with van der Waals surface area (Å²) in [5.41, 5.74) is 6.63. The molecule has 0 aromatic rings. The Morgan fingerprint density at radius 2 is 2.12 bits per heavy atom. The van der Waals surface area contributed by atoms with E-state index in [-0.39, 0.29) is 0 Å². The zero-order valence-corrected chi connectivity index (χ0v) is 5.94. The van der Waals surface area contributed by atoms with E-state index in [9.17, 15) is 0 Å². The van der Waals surface area contributed by atoms with Gasteiger partial charge in [-0.25, -0.2) is 0 Å². The van der Waals surface area contributed by atoms with Crippen molar-refractivity contribution >= 4 is 0 Å². The Morgan fingerprint density at radius 3 is 2.25 bits per heavy atom. The first kappa shape index (κ1) is 7.70. The smallest absolute Gasteiger partial charge is 0.0134 e. The van der Waals surface area contributed by atoms with Gasteiger partial charge < -0.3 is 5.73 Å². The van der Waals surface area contributed by atoms with E-state index in [1.807, 2.05) is 0 Å². The molecule has 48 valence electrons. The lowest BCUT2D eigenvalue weighted by Gasteiger charge is -1.97. The number of nitrogens with two attached hydrogens (primary N) is 1. The quantitative estimate of drug-likeness (QED) is 0.540. The molecular weight excluding hydrogens is 98.1 g/mol. The van der Waals surface area contributed by atoms with Crippen LogP contribution in [0.2, 0.25) is 0 Å². The molecule has 1 heteroatoms. The second kappa shape index (κ2) is 3.67. The van der Waals surface area contributed by atoms with Gasteiger partial charge in [-0.1, -0.05) is 25.5 Å². The third kappa shape index (κ3) is 3.88. The molecule has 8 heavy (non-hydrogen) atoms. The number of hydrogen-bond acceptors (Lipinski definition) is 1. The van der Waals surface area contributed by atoms with Crippen LogP contribution in [0.3, 0.4) is 0 Å². The van der Waals surface area contributed by atoms with Gasteiger partial charge in [0.1, 0.15) is 0 Å². The summed E-state index contributed by atoms with van der Waals surface area (Å²) < 4.78 is 0. The molecule has 2 N–H and O–H groups in total. The highest BCUT2D eigenvalue weighted by Gasteiger charge is 1.86. The van der Waals surface area contributed by atoms with Gasteiger partial charge in [0.15, 0.2) is 0 Å². The van der Waals surface area contributed by atoms with Crippen molar-refractivity contribution < 1.29 is 0 Å². The van der Waals surface area contributed by atoms with Crippen LogP contribution >= 0.6 is 0 Å². The Bertz CT molecular complexity index is 82.4. The minimum absolute atomic E-state index is 0.638. The fraction of sp³-hybridized carbons (Fsp3) is 0.714. The summed E-state index contributed by atoms with van der Waals surface area (Å²) in [4.78, 5) is 0. The van der Waals surface area contributed by atoms with E-state index in [1.165, 1.54) is 5.57 Å². The summed E-state index contributed by atoms with van der Waals surface area (Å²) in [5, 5.41) is 0. The van der Waals surface area contributed by atoms with Gasteiger partial charge >= 0.3 is 0 Å². The van der Waals surface area contributed by atoms with E-state index >= 15 is 0 Å². The summed E-state index contributed by atoms with van der Waals surface area (Å²) >= 11 is 0. The summed E-state index contributed by atoms with van der Waals surface area (Å²) in [6, 6.07) is 0. The second-order valence-corrected chi connectivity index (χ2v) is 2.46. The molecule has 0 bridgehead atoms. The van der Waals surface area contributed by atoms with Crippen molar-refractivity contribution in [1.29, 1.82) is 0 Å². The zero-order chi connectivity index (χ0) is 6.57. The lowest BCUT2D eigenvalue weighted by Crippen LogP contribution is -2.00. The molecular formula is C7H15N. The van der Waals surface area contributed by atoms with Crippen LogP contribution in [0, 0.1) is 5.92 Å². The predicted molar refractivity (Wildman–Crippen MR) is 37.6 cm³/mol. The maximum Gasteiger partial charge on any atom is 0.0134 e. The van der Waals surface area contributed by atoms with Gasteiger partial charge in [0.05, 0.1) is 0 Å². The van der Waals surface area contributed by atoms with Gasteiger partial charge in [0.2, 0.25) is 0 Å². The van der Waals surface area contributed by atoms with Crippen LogP contribution in [0.15, 0.2) is 11.6 Å². The third-order valence-electron chi connectivity index (χ3n) is 0.940. The summed E-state index contributed by atoms with van der Waals surface area (Å²) in [7, 11) is 0. The highest BCUT2D eigenvalue weighted by atomic mass is 14.5. The maximum absolute atomic E-state index is 5.35. The van der Waals surface area contributed by atoms with E-state index in [2.05, 4.69) is 26.8 Å². The Labute approximate surface area is 51.6 Å². The normalized spacial score (nSPS) is 12.9. The number of hydrogen-bond donors (Lipinski definition) is 1. The van der Waals surface area contributed by atoms with Crippen molar-refractivity contribution in [2.45, 2.75) is 20.8 Å². The zero-order valence-electron chi connectivity index (χ0n) is 5.94. The van der Waals surface area contributed by atoms with E-state index in [0.29, 0.717) is 12.5 Å². The first-order valence-corrected chi connectivity index (χ1v) is 3.04. The average molecular weight is 113 g/mol. The second-order valence-electron chi connectivity index (χ2n) is 2.46. The van der Waals surface area contributed by atoms with Crippen molar-refractivity contribution in [3.8, 4) is 0 Å². The molecule has 0 aromatic heterocycles. The van der Waals surface area contributed by atoms with Crippen LogP contribution in [0.1, 0.15) is 20.8 Å². The third-order valence-corrected chi connectivity index (χ3v) is 0.940. The van der Waals surface area contributed by atoms with Crippen molar-refractivity contribution in [2.75, 3.05) is 6.54 Å².